The molecule has 0 nitrogen and oxygen atoms in total. The Morgan fingerprint density at radius 3 is 1.88 bits per heavy atom. The summed E-state index contributed by atoms with van der Waals surface area (Å²) in [5, 5.41) is 0. The zero-order chi connectivity index (χ0) is 10.6. The molecule has 17 heavy (non-hydrogen) atoms. The first-order chi connectivity index (χ1) is 6.63. The Morgan fingerprint density at radius 2 is 1.76 bits per heavy atom. The van der Waals surface area contributed by atoms with Gasteiger partial charge in [-0.15, -0.1) is 38.2 Å². The third-order valence-electron chi connectivity index (χ3n) is 2.82. The van der Waals surface area contributed by atoms with Crippen LogP contribution in [0.15, 0.2) is 34.9 Å². The van der Waals surface area contributed by atoms with Crippen molar-refractivity contribution in [2.24, 2.45) is 5.92 Å². The molecular formula is C14H20Cl2Zr. The van der Waals surface area contributed by atoms with Crippen LogP contribution in [0.3, 0.4) is 0 Å². The molecule has 0 aromatic heterocycles. The Morgan fingerprint density at radius 1 is 1.18 bits per heavy atom. The van der Waals surface area contributed by atoms with Gasteiger partial charge in [-0.1, -0.05) is 26.7 Å². The van der Waals surface area contributed by atoms with Gasteiger partial charge in [0.05, 0.1) is 0 Å². The van der Waals surface area contributed by atoms with Gasteiger partial charge < -0.3 is 0 Å². The quantitative estimate of drug-likeness (QED) is 0.547. The predicted octanol–water partition coefficient (Wildman–Crippen LogP) is 4.87. The zero-order valence-electron chi connectivity index (χ0n) is 10.8. The summed E-state index contributed by atoms with van der Waals surface area (Å²) in [6, 6.07) is 0. The van der Waals surface area contributed by atoms with Crippen molar-refractivity contribution in [3.8, 4) is 0 Å². The summed E-state index contributed by atoms with van der Waals surface area (Å²) >= 11 is 0. The summed E-state index contributed by atoms with van der Waals surface area (Å²) in [7, 11) is 0. The SMILES string of the molecule is CC1=[C-]C(C)C(C)=C1C.Cl.Cl.[C-]1=CC=CC1.[Zr+2]. The molecule has 2 aliphatic rings. The first-order valence-electron chi connectivity index (χ1n) is 5.12. The molecule has 0 saturated carbocycles. The summed E-state index contributed by atoms with van der Waals surface area (Å²) in [5.74, 6) is 0.560. The molecule has 0 bridgehead atoms. The molecule has 2 aliphatic carbocycles. The summed E-state index contributed by atoms with van der Waals surface area (Å²) in [6.45, 7) is 8.67. The maximum absolute atomic E-state index is 3.36. The van der Waals surface area contributed by atoms with E-state index in [1.54, 1.807) is 0 Å². The predicted molar refractivity (Wildman–Crippen MR) is 76.0 cm³/mol. The first-order valence-corrected chi connectivity index (χ1v) is 5.12. The second-order valence-electron chi connectivity index (χ2n) is 3.80. The summed E-state index contributed by atoms with van der Waals surface area (Å²) in [4.78, 5) is 0. The van der Waals surface area contributed by atoms with Crippen LogP contribution in [-0.4, -0.2) is 0 Å². The maximum atomic E-state index is 3.36. The number of rotatable bonds is 0. The van der Waals surface area contributed by atoms with Crippen LogP contribution in [-0.2, 0) is 26.2 Å². The van der Waals surface area contributed by atoms with Crippen molar-refractivity contribution in [1.29, 1.82) is 0 Å². The van der Waals surface area contributed by atoms with Gasteiger partial charge in [-0.3, -0.25) is 12.2 Å². The van der Waals surface area contributed by atoms with E-state index in [2.05, 4.69) is 45.9 Å². The molecule has 0 N–H and O–H groups in total. The molecule has 1 atom stereocenters. The molecule has 0 heterocycles. The average Bonchev–Trinajstić information content (AvgIpc) is 2.78. The number of hydrogen-bond donors (Lipinski definition) is 0. The van der Waals surface area contributed by atoms with E-state index in [1.165, 1.54) is 16.7 Å². The van der Waals surface area contributed by atoms with E-state index in [9.17, 15) is 0 Å². The zero-order valence-corrected chi connectivity index (χ0v) is 14.9. The van der Waals surface area contributed by atoms with Crippen molar-refractivity contribution in [2.75, 3.05) is 0 Å². The van der Waals surface area contributed by atoms with Crippen LogP contribution in [0, 0.1) is 18.1 Å². The minimum Gasteiger partial charge on any atom is -0.273 e. The van der Waals surface area contributed by atoms with Crippen molar-refractivity contribution in [2.45, 2.75) is 34.1 Å². The summed E-state index contributed by atoms with van der Waals surface area (Å²) < 4.78 is 0. The Hall–Kier alpha value is 0.423. The van der Waals surface area contributed by atoms with Gasteiger partial charge in [0.2, 0.25) is 0 Å². The molecular weight excluding hydrogens is 330 g/mol. The van der Waals surface area contributed by atoms with Gasteiger partial charge in [0, 0.05) is 0 Å². The number of allylic oxidation sites excluding steroid dienone is 8. The van der Waals surface area contributed by atoms with Crippen LogP contribution in [0.4, 0.5) is 0 Å². The molecule has 0 spiro atoms. The molecule has 0 aromatic rings. The minimum absolute atomic E-state index is 0. The Balaban J connectivity index is -0.000000216. The molecule has 0 saturated heterocycles. The largest absolute Gasteiger partial charge is 2.00 e. The van der Waals surface area contributed by atoms with Crippen molar-refractivity contribution in [1.82, 2.24) is 0 Å². The first kappa shape index (κ1) is 22.6. The topological polar surface area (TPSA) is 0 Å². The third kappa shape index (κ3) is 7.44. The van der Waals surface area contributed by atoms with E-state index in [4.69, 9.17) is 0 Å². The van der Waals surface area contributed by atoms with E-state index in [0.717, 1.165) is 6.42 Å². The van der Waals surface area contributed by atoms with Gasteiger partial charge in [-0.2, -0.15) is 17.2 Å². The van der Waals surface area contributed by atoms with Crippen molar-refractivity contribution >= 4 is 24.8 Å². The standard InChI is InChI=1S/C9H13.C5H5.2ClH.Zr/c1-6-5-7(2)9(4)8(6)3;1-2-4-5-3-1;;;/h6H,1-4H3;1-3H,4H2;2*1H;/q2*-1;;;+2. The minimum atomic E-state index is 0. The van der Waals surface area contributed by atoms with Gasteiger partial charge in [0.25, 0.3) is 0 Å². The fraction of sp³-hybridized carbons (Fsp3) is 0.429. The number of hydrogen-bond acceptors (Lipinski definition) is 0. The van der Waals surface area contributed by atoms with Crippen LogP contribution in [0.2, 0.25) is 0 Å². The van der Waals surface area contributed by atoms with E-state index in [1.807, 2.05) is 12.2 Å². The normalized spacial score (nSPS) is 19.5. The van der Waals surface area contributed by atoms with E-state index in [-0.39, 0.29) is 51.0 Å². The van der Waals surface area contributed by atoms with Crippen LogP contribution in [0.25, 0.3) is 0 Å². The van der Waals surface area contributed by atoms with Gasteiger partial charge >= 0.3 is 26.2 Å². The third-order valence-corrected chi connectivity index (χ3v) is 2.82. The van der Waals surface area contributed by atoms with Crippen molar-refractivity contribution in [3.05, 3.63) is 47.1 Å². The summed E-state index contributed by atoms with van der Waals surface area (Å²) in [6.07, 6.45) is 13.4. The number of halogens is 2. The second kappa shape index (κ2) is 11.5. The van der Waals surface area contributed by atoms with Gasteiger partial charge in [-0.05, 0) is 0 Å². The molecule has 0 aromatic carbocycles. The molecule has 0 amide bonds. The van der Waals surface area contributed by atoms with E-state index in [0.29, 0.717) is 5.92 Å². The molecule has 1 unspecified atom stereocenters. The molecule has 0 fully saturated rings. The van der Waals surface area contributed by atoms with Crippen molar-refractivity contribution < 1.29 is 26.2 Å². The molecule has 94 valence electrons. The molecule has 3 heteroatoms. The van der Waals surface area contributed by atoms with Crippen LogP contribution in [0.5, 0.6) is 0 Å². The average molecular weight is 350 g/mol. The van der Waals surface area contributed by atoms with Crippen molar-refractivity contribution in [3.63, 3.8) is 0 Å². The van der Waals surface area contributed by atoms with Crippen LogP contribution < -0.4 is 0 Å². The Bertz CT molecular complexity index is 315. The summed E-state index contributed by atoms with van der Waals surface area (Å²) in [5.41, 5.74) is 4.25. The Kier molecular flexibility index (Phi) is 15.3. The Labute approximate surface area is 137 Å². The van der Waals surface area contributed by atoms with Gasteiger partial charge in [-0.25, -0.2) is 17.7 Å². The van der Waals surface area contributed by atoms with Crippen LogP contribution in [0.1, 0.15) is 34.1 Å². The van der Waals surface area contributed by atoms with Gasteiger partial charge in [0.1, 0.15) is 0 Å². The van der Waals surface area contributed by atoms with Gasteiger partial charge in [0.15, 0.2) is 0 Å². The van der Waals surface area contributed by atoms with Crippen LogP contribution >= 0.6 is 24.8 Å². The second-order valence-corrected chi connectivity index (χ2v) is 3.80. The van der Waals surface area contributed by atoms with E-state index >= 15 is 0 Å². The maximum Gasteiger partial charge on any atom is 2.00 e. The molecule has 0 aliphatic heterocycles. The molecule has 0 radical (unpaired) electrons. The fourth-order valence-corrected chi connectivity index (χ4v) is 1.50. The monoisotopic (exact) mass is 348 g/mol. The smallest absolute Gasteiger partial charge is 0.273 e. The molecule has 2 rings (SSSR count). The fourth-order valence-electron chi connectivity index (χ4n) is 1.50. The van der Waals surface area contributed by atoms with E-state index < -0.39 is 0 Å².